The molecular formula is C23H29N3O5S. The van der Waals surface area contributed by atoms with E-state index >= 15 is 0 Å². The van der Waals surface area contributed by atoms with Crippen LogP contribution in [0.5, 0.6) is 5.75 Å². The summed E-state index contributed by atoms with van der Waals surface area (Å²) in [4.78, 5) is 15.1. The minimum Gasteiger partial charge on any atom is -0.476 e. The summed E-state index contributed by atoms with van der Waals surface area (Å²) >= 11 is 0. The van der Waals surface area contributed by atoms with E-state index in [4.69, 9.17) is 9.47 Å². The van der Waals surface area contributed by atoms with Gasteiger partial charge >= 0.3 is 0 Å². The molecule has 1 fully saturated rings. The average Bonchev–Trinajstić information content (AvgIpc) is 2.77. The van der Waals surface area contributed by atoms with Gasteiger partial charge in [-0.1, -0.05) is 30.3 Å². The zero-order chi connectivity index (χ0) is 22.7. The van der Waals surface area contributed by atoms with Gasteiger partial charge in [0.2, 0.25) is 10.0 Å². The lowest BCUT2D eigenvalue weighted by Gasteiger charge is -2.34. The lowest BCUT2D eigenvalue weighted by atomic mass is 10.1. The molecule has 0 saturated carbocycles. The molecule has 1 saturated heterocycles. The van der Waals surface area contributed by atoms with E-state index in [0.29, 0.717) is 18.0 Å². The largest absolute Gasteiger partial charge is 0.476 e. The molecule has 1 atom stereocenters. The van der Waals surface area contributed by atoms with Crippen molar-refractivity contribution in [2.45, 2.75) is 26.1 Å². The van der Waals surface area contributed by atoms with E-state index in [1.807, 2.05) is 25.1 Å². The van der Waals surface area contributed by atoms with E-state index < -0.39 is 16.1 Å². The Kier molecular flexibility index (Phi) is 6.68. The maximum Gasteiger partial charge on any atom is 0.263 e. The van der Waals surface area contributed by atoms with Crippen LogP contribution in [-0.2, 0) is 32.6 Å². The standard InChI is InChI=1S/C23H29N3O5S/c1-17-3-8-21-20(13-17)26(32(2,28)29)16-22(31-21)23(27)24-14-18-4-6-19(7-5-18)15-25-9-11-30-12-10-25/h3-8,13,22H,9-12,14-16H2,1-2H3,(H,24,27)/t22-/m0/s1. The smallest absolute Gasteiger partial charge is 0.263 e. The number of hydrogen-bond acceptors (Lipinski definition) is 6. The van der Waals surface area contributed by atoms with Crippen molar-refractivity contribution in [3.8, 4) is 5.75 Å². The molecule has 0 radical (unpaired) electrons. The predicted octanol–water partition coefficient (Wildman–Crippen LogP) is 1.67. The van der Waals surface area contributed by atoms with Gasteiger partial charge in [0.1, 0.15) is 5.75 Å². The Hall–Kier alpha value is -2.62. The third-order valence-corrected chi connectivity index (χ3v) is 6.82. The van der Waals surface area contributed by atoms with Crippen molar-refractivity contribution >= 4 is 21.6 Å². The molecule has 1 N–H and O–H groups in total. The number of aryl methyl sites for hydroxylation is 1. The van der Waals surface area contributed by atoms with E-state index in [2.05, 4.69) is 22.3 Å². The van der Waals surface area contributed by atoms with Crippen LogP contribution in [0.4, 0.5) is 5.69 Å². The molecular weight excluding hydrogens is 430 g/mol. The highest BCUT2D eigenvalue weighted by molar-refractivity contribution is 7.92. The van der Waals surface area contributed by atoms with Crippen LogP contribution in [0.15, 0.2) is 42.5 Å². The maximum atomic E-state index is 12.8. The Balaban J connectivity index is 1.37. The fraction of sp³-hybridized carbons (Fsp3) is 0.435. The van der Waals surface area contributed by atoms with E-state index in [1.54, 1.807) is 12.1 Å². The van der Waals surface area contributed by atoms with Crippen molar-refractivity contribution in [2.75, 3.05) is 43.4 Å². The minimum atomic E-state index is -3.55. The second-order valence-electron chi connectivity index (χ2n) is 8.29. The normalized spacial score (nSPS) is 19.2. The van der Waals surface area contributed by atoms with Crippen molar-refractivity contribution in [3.63, 3.8) is 0 Å². The summed E-state index contributed by atoms with van der Waals surface area (Å²) in [5.41, 5.74) is 3.57. The number of carbonyl (C=O) groups is 1. The molecule has 8 nitrogen and oxygen atoms in total. The molecule has 0 bridgehead atoms. The number of fused-ring (bicyclic) bond motifs is 1. The fourth-order valence-electron chi connectivity index (χ4n) is 3.89. The molecule has 172 valence electrons. The molecule has 0 unspecified atom stereocenters. The van der Waals surface area contributed by atoms with Gasteiger partial charge < -0.3 is 14.8 Å². The SMILES string of the molecule is Cc1ccc2c(c1)N(S(C)(=O)=O)C[C@@H](C(=O)NCc1ccc(CN3CCOCC3)cc1)O2. The summed E-state index contributed by atoms with van der Waals surface area (Å²) in [7, 11) is -3.55. The third-order valence-electron chi connectivity index (χ3n) is 5.68. The van der Waals surface area contributed by atoms with Crippen LogP contribution in [0.2, 0.25) is 0 Å². The summed E-state index contributed by atoms with van der Waals surface area (Å²) < 4.78 is 37.1. The summed E-state index contributed by atoms with van der Waals surface area (Å²) in [6, 6.07) is 13.4. The van der Waals surface area contributed by atoms with E-state index in [1.165, 1.54) is 9.87 Å². The number of nitrogens with one attached hydrogen (secondary N) is 1. The van der Waals surface area contributed by atoms with Crippen molar-refractivity contribution in [3.05, 3.63) is 59.2 Å². The highest BCUT2D eigenvalue weighted by atomic mass is 32.2. The molecule has 32 heavy (non-hydrogen) atoms. The van der Waals surface area contributed by atoms with Crippen molar-refractivity contribution in [2.24, 2.45) is 0 Å². The topological polar surface area (TPSA) is 88.2 Å². The highest BCUT2D eigenvalue weighted by Crippen LogP contribution is 2.35. The number of rotatable bonds is 6. The van der Waals surface area contributed by atoms with Crippen LogP contribution in [0.1, 0.15) is 16.7 Å². The molecule has 0 aliphatic carbocycles. The van der Waals surface area contributed by atoms with Crippen molar-refractivity contribution in [1.82, 2.24) is 10.2 Å². The molecule has 2 aliphatic heterocycles. The first-order valence-electron chi connectivity index (χ1n) is 10.7. The number of amides is 1. The molecule has 0 aromatic heterocycles. The van der Waals surface area contributed by atoms with Crippen molar-refractivity contribution < 1.29 is 22.7 Å². The Bertz CT molecular complexity index is 1070. The van der Waals surface area contributed by atoms with Gasteiger partial charge in [-0.25, -0.2) is 8.42 Å². The van der Waals surface area contributed by atoms with Crippen LogP contribution >= 0.6 is 0 Å². The first-order chi connectivity index (χ1) is 15.3. The van der Waals surface area contributed by atoms with E-state index in [0.717, 1.165) is 50.2 Å². The summed E-state index contributed by atoms with van der Waals surface area (Å²) in [6.45, 7) is 6.47. The van der Waals surface area contributed by atoms with Crippen LogP contribution < -0.4 is 14.4 Å². The zero-order valence-corrected chi connectivity index (χ0v) is 19.2. The quantitative estimate of drug-likeness (QED) is 0.707. The van der Waals surface area contributed by atoms with Crippen LogP contribution in [0.3, 0.4) is 0 Å². The van der Waals surface area contributed by atoms with Gasteiger partial charge in [0.05, 0.1) is 31.7 Å². The summed E-state index contributed by atoms with van der Waals surface area (Å²) in [6.07, 6.45) is 0.221. The van der Waals surface area contributed by atoms with Crippen molar-refractivity contribution in [1.29, 1.82) is 0 Å². The monoisotopic (exact) mass is 459 g/mol. The highest BCUT2D eigenvalue weighted by Gasteiger charge is 2.35. The Morgan fingerprint density at radius 2 is 1.78 bits per heavy atom. The van der Waals surface area contributed by atoms with Gasteiger partial charge in [0.15, 0.2) is 6.10 Å². The van der Waals surface area contributed by atoms with Gasteiger partial charge in [0.25, 0.3) is 5.91 Å². The Morgan fingerprint density at radius 1 is 1.09 bits per heavy atom. The number of anilines is 1. The van der Waals surface area contributed by atoms with Gasteiger partial charge in [-0.2, -0.15) is 0 Å². The van der Waals surface area contributed by atoms with E-state index in [9.17, 15) is 13.2 Å². The summed E-state index contributed by atoms with van der Waals surface area (Å²) in [5.74, 6) is 0.0437. The number of morpholine rings is 1. The second kappa shape index (κ2) is 9.48. The number of ether oxygens (including phenoxy) is 2. The Labute approximate surface area is 189 Å². The molecule has 9 heteroatoms. The lowest BCUT2D eigenvalue weighted by Crippen LogP contribution is -2.50. The molecule has 0 spiro atoms. The molecule has 2 aromatic carbocycles. The number of nitrogens with zero attached hydrogens (tertiary/aromatic N) is 2. The number of carbonyl (C=O) groups excluding carboxylic acids is 1. The lowest BCUT2D eigenvalue weighted by molar-refractivity contribution is -0.127. The second-order valence-corrected chi connectivity index (χ2v) is 10.2. The van der Waals surface area contributed by atoms with Crippen LogP contribution in [-0.4, -0.2) is 64.4 Å². The molecule has 1 amide bonds. The number of hydrogen-bond donors (Lipinski definition) is 1. The fourth-order valence-corrected chi connectivity index (χ4v) is 4.80. The van der Waals surface area contributed by atoms with E-state index in [-0.39, 0.29) is 12.5 Å². The molecule has 4 rings (SSSR count). The number of sulfonamides is 1. The first-order valence-corrected chi connectivity index (χ1v) is 12.5. The van der Waals surface area contributed by atoms with Crippen LogP contribution in [0, 0.1) is 6.92 Å². The molecule has 2 aromatic rings. The average molecular weight is 460 g/mol. The third kappa shape index (κ3) is 5.40. The zero-order valence-electron chi connectivity index (χ0n) is 18.4. The predicted molar refractivity (Wildman–Crippen MR) is 122 cm³/mol. The summed E-state index contributed by atoms with van der Waals surface area (Å²) in [5, 5.41) is 2.87. The molecule has 2 heterocycles. The Morgan fingerprint density at radius 3 is 2.47 bits per heavy atom. The number of benzene rings is 2. The minimum absolute atomic E-state index is 0.0559. The van der Waals surface area contributed by atoms with Gasteiger partial charge in [-0.05, 0) is 35.7 Å². The van der Waals surface area contributed by atoms with Crippen LogP contribution in [0.25, 0.3) is 0 Å². The maximum absolute atomic E-state index is 12.8. The van der Waals surface area contributed by atoms with Gasteiger partial charge in [-0.3, -0.25) is 14.0 Å². The molecule has 2 aliphatic rings. The first kappa shape index (κ1) is 22.6. The van der Waals surface area contributed by atoms with Gasteiger partial charge in [-0.15, -0.1) is 0 Å². The van der Waals surface area contributed by atoms with Gasteiger partial charge in [0, 0.05) is 26.2 Å².